The Morgan fingerprint density at radius 3 is 2.50 bits per heavy atom. The van der Waals surface area contributed by atoms with Crippen LogP contribution in [0.4, 0.5) is 0 Å². The van der Waals surface area contributed by atoms with Crippen LogP contribution in [0.25, 0.3) is 0 Å². The Bertz CT molecular complexity index is 354. The lowest BCUT2D eigenvalue weighted by Gasteiger charge is -2.11. The van der Waals surface area contributed by atoms with Crippen LogP contribution < -0.4 is 5.32 Å². The van der Waals surface area contributed by atoms with Crippen molar-refractivity contribution in [2.75, 3.05) is 13.2 Å². The molecule has 0 radical (unpaired) electrons. The predicted octanol–water partition coefficient (Wildman–Crippen LogP) is 0.521. The van der Waals surface area contributed by atoms with Crippen LogP contribution in [-0.4, -0.2) is 33.6 Å². The third-order valence-electron chi connectivity index (χ3n) is 2.33. The summed E-state index contributed by atoms with van der Waals surface area (Å²) in [4.78, 5) is 0. The van der Waals surface area contributed by atoms with Crippen LogP contribution in [0.5, 0.6) is 17.2 Å². The first-order chi connectivity index (χ1) is 7.56. The highest BCUT2D eigenvalue weighted by molar-refractivity contribution is 5.52. The molecule has 0 bridgehead atoms. The summed E-state index contributed by atoms with van der Waals surface area (Å²) < 4.78 is 0. The number of rotatable bonds is 5. The molecule has 90 valence electrons. The Morgan fingerprint density at radius 2 is 1.88 bits per heavy atom. The van der Waals surface area contributed by atoms with Gasteiger partial charge in [0.1, 0.15) is 0 Å². The predicted molar refractivity (Wildman–Crippen MR) is 59.4 cm³/mol. The van der Waals surface area contributed by atoms with E-state index < -0.39 is 5.75 Å². The maximum atomic E-state index is 9.50. The van der Waals surface area contributed by atoms with Crippen molar-refractivity contribution in [3.8, 4) is 17.2 Å². The maximum absolute atomic E-state index is 9.50. The number of hydrogen-bond donors (Lipinski definition) is 5. The molecule has 5 nitrogen and oxygen atoms in total. The molecule has 16 heavy (non-hydrogen) atoms. The third-order valence-corrected chi connectivity index (χ3v) is 2.33. The summed E-state index contributed by atoms with van der Waals surface area (Å²) in [6.07, 6.45) is 0. The van der Waals surface area contributed by atoms with Gasteiger partial charge in [0.05, 0.1) is 0 Å². The smallest absolute Gasteiger partial charge is 0.200 e. The Balaban J connectivity index is 2.58. The topological polar surface area (TPSA) is 93.0 Å². The van der Waals surface area contributed by atoms with Gasteiger partial charge in [0.25, 0.3) is 0 Å². The molecule has 0 amide bonds. The SMILES string of the molecule is CC(CO)CNCc1ccc(O)c(O)c1O. The molecular formula is C11H17NO4. The highest BCUT2D eigenvalue weighted by Crippen LogP contribution is 2.36. The molecule has 0 aliphatic heterocycles. The zero-order chi connectivity index (χ0) is 12.1. The van der Waals surface area contributed by atoms with E-state index in [-0.39, 0.29) is 24.0 Å². The van der Waals surface area contributed by atoms with E-state index in [0.717, 1.165) is 0 Å². The van der Waals surface area contributed by atoms with Gasteiger partial charge in [0.15, 0.2) is 11.5 Å². The van der Waals surface area contributed by atoms with Crippen molar-refractivity contribution in [1.82, 2.24) is 5.32 Å². The average molecular weight is 227 g/mol. The van der Waals surface area contributed by atoms with Crippen molar-refractivity contribution < 1.29 is 20.4 Å². The number of aliphatic hydroxyl groups is 1. The summed E-state index contributed by atoms with van der Waals surface area (Å²) in [5.41, 5.74) is 0.500. The van der Waals surface area contributed by atoms with Crippen molar-refractivity contribution in [3.63, 3.8) is 0 Å². The van der Waals surface area contributed by atoms with E-state index in [4.69, 9.17) is 10.2 Å². The second kappa shape index (κ2) is 5.58. The lowest BCUT2D eigenvalue weighted by Crippen LogP contribution is -2.22. The summed E-state index contributed by atoms with van der Waals surface area (Å²) >= 11 is 0. The molecule has 0 saturated carbocycles. The van der Waals surface area contributed by atoms with Gasteiger partial charge < -0.3 is 25.7 Å². The van der Waals surface area contributed by atoms with E-state index in [2.05, 4.69) is 5.32 Å². The minimum absolute atomic E-state index is 0.0970. The first kappa shape index (κ1) is 12.6. The Hall–Kier alpha value is -1.46. The monoisotopic (exact) mass is 227 g/mol. The van der Waals surface area contributed by atoms with E-state index >= 15 is 0 Å². The van der Waals surface area contributed by atoms with Crippen LogP contribution in [0.3, 0.4) is 0 Å². The summed E-state index contributed by atoms with van der Waals surface area (Å²) in [6.45, 7) is 2.96. The molecule has 1 rings (SSSR count). The molecule has 0 aliphatic rings. The molecule has 5 heteroatoms. The number of phenolic OH excluding ortho intramolecular Hbond substituents is 3. The second-order valence-electron chi connectivity index (χ2n) is 3.86. The first-order valence-corrected chi connectivity index (χ1v) is 5.10. The number of aromatic hydroxyl groups is 3. The number of nitrogens with one attached hydrogen (secondary N) is 1. The maximum Gasteiger partial charge on any atom is 0.200 e. The molecule has 1 atom stereocenters. The number of benzene rings is 1. The molecule has 0 heterocycles. The third kappa shape index (κ3) is 3.01. The van der Waals surface area contributed by atoms with Crippen molar-refractivity contribution in [1.29, 1.82) is 0 Å². The molecule has 1 unspecified atom stereocenters. The van der Waals surface area contributed by atoms with Crippen LogP contribution in [0.15, 0.2) is 12.1 Å². The molecule has 0 fully saturated rings. The number of hydrogen-bond acceptors (Lipinski definition) is 5. The van der Waals surface area contributed by atoms with Gasteiger partial charge in [-0.05, 0) is 12.0 Å². The normalized spacial score (nSPS) is 12.6. The van der Waals surface area contributed by atoms with Gasteiger partial charge in [-0.15, -0.1) is 0 Å². The lowest BCUT2D eigenvalue weighted by molar-refractivity contribution is 0.233. The van der Waals surface area contributed by atoms with Gasteiger partial charge >= 0.3 is 0 Å². The molecule has 0 saturated heterocycles. The minimum Gasteiger partial charge on any atom is -0.504 e. The summed E-state index contributed by atoms with van der Waals surface area (Å²) in [6, 6.07) is 2.85. The van der Waals surface area contributed by atoms with E-state index in [1.807, 2.05) is 6.92 Å². The Kier molecular flexibility index (Phi) is 4.39. The zero-order valence-electron chi connectivity index (χ0n) is 9.14. The fourth-order valence-electron chi connectivity index (χ4n) is 1.27. The van der Waals surface area contributed by atoms with E-state index in [0.29, 0.717) is 18.7 Å². The van der Waals surface area contributed by atoms with Crippen molar-refractivity contribution in [2.45, 2.75) is 13.5 Å². The van der Waals surface area contributed by atoms with Crippen LogP contribution in [0, 0.1) is 5.92 Å². The van der Waals surface area contributed by atoms with Crippen LogP contribution >= 0.6 is 0 Å². The second-order valence-corrected chi connectivity index (χ2v) is 3.86. The summed E-state index contributed by atoms with van der Waals surface area (Å²) in [7, 11) is 0. The van der Waals surface area contributed by atoms with Crippen LogP contribution in [-0.2, 0) is 6.54 Å². The highest BCUT2D eigenvalue weighted by atomic mass is 16.3. The molecule has 5 N–H and O–H groups in total. The largest absolute Gasteiger partial charge is 0.504 e. The lowest BCUT2D eigenvalue weighted by atomic mass is 10.1. The van der Waals surface area contributed by atoms with Crippen molar-refractivity contribution in [2.24, 2.45) is 5.92 Å². The highest BCUT2D eigenvalue weighted by Gasteiger charge is 2.10. The quantitative estimate of drug-likeness (QED) is 0.473. The average Bonchev–Trinajstić information content (AvgIpc) is 2.29. The van der Waals surface area contributed by atoms with Crippen LogP contribution in [0.1, 0.15) is 12.5 Å². The van der Waals surface area contributed by atoms with Crippen molar-refractivity contribution in [3.05, 3.63) is 17.7 Å². The fourth-order valence-corrected chi connectivity index (χ4v) is 1.27. The molecule has 0 spiro atoms. The van der Waals surface area contributed by atoms with Crippen LogP contribution in [0.2, 0.25) is 0 Å². The molecule has 0 aromatic heterocycles. The molecule has 1 aromatic carbocycles. The van der Waals surface area contributed by atoms with Gasteiger partial charge in [-0.3, -0.25) is 0 Å². The van der Waals surface area contributed by atoms with Gasteiger partial charge in [-0.1, -0.05) is 13.0 Å². The molecule has 1 aromatic rings. The van der Waals surface area contributed by atoms with Gasteiger partial charge in [0.2, 0.25) is 5.75 Å². The van der Waals surface area contributed by atoms with Gasteiger partial charge in [0, 0.05) is 25.3 Å². The molecule has 0 aliphatic carbocycles. The van der Waals surface area contributed by atoms with E-state index in [1.54, 1.807) is 0 Å². The molecular weight excluding hydrogens is 210 g/mol. The summed E-state index contributed by atoms with van der Waals surface area (Å²) in [5.74, 6) is -1.03. The Morgan fingerprint density at radius 1 is 1.19 bits per heavy atom. The first-order valence-electron chi connectivity index (χ1n) is 5.10. The summed E-state index contributed by atoms with van der Waals surface area (Å²) in [5, 5.41) is 39.7. The minimum atomic E-state index is -0.505. The van der Waals surface area contributed by atoms with Crippen molar-refractivity contribution >= 4 is 0 Å². The fraction of sp³-hybridized carbons (Fsp3) is 0.455. The zero-order valence-corrected chi connectivity index (χ0v) is 9.14. The van der Waals surface area contributed by atoms with E-state index in [9.17, 15) is 10.2 Å². The van der Waals surface area contributed by atoms with Gasteiger partial charge in [-0.25, -0.2) is 0 Å². The number of aliphatic hydroxyl groups excluding tert-OH is 1. The van der Waals surface area contributed by atoms with E-state index in [1.165, 1.54) is 12.1 Å². The Labute approximate surface area is 94.0 Å². The number of phenols is 3. The standard InChI is InChI=1S/C11H17NO4/c1-7(6-13)4-12-5-8-2-3-9(14)11(16)10(8)15/h2-3,7,12-16H,4-6H2,1H3. The van der Waals surface area contributed by atoms with Gasteiger partial charge in [-0.2, -0.15) is 0 Å².